The Labute approximate surface area is 133 Å². The summed E-state index contributed by atoms with van der Waals surface area (Å²) in [5.41, 5.74) is 2.73. The van der Waals surface area contributed by atoms with Crippen molar-refractivity contribution in [3.63, 3.8) is 0 Å². The minimum absolute atomic E-state index is 0.423. The number of hydrogen-bond donors (Lipinski definition) is 0. The van der Waals surface area contributed by atoms with Gasteiger partial charge in [-0.3, -0.25) is 4.90 Å². The predicted molar refractivity (Wildman–Crippen MR) is 90.6 cm³/mol. The molecule has 0 N–H and O–H groups in total. The summed E-state index contributed by atoms with van der Waals surface area (Å²) in [5.74, 6) is 0. The zero-order valence-corrected chi connectivity index (χ0v) is 13.3. The lowest BCUT2D eigenvalue weighted by Gasteiger charge is -2.22. The molecular formula is C20H25NO. The van der Waals surface area contributed by atoms with Crippen LogP contribution in [0.1, 0.15) is 30.9 Å². The van der Waals surface area contributed by atoms with Crippen molar-refractivity contribution in [3.05, 3.63) is 71.8 Å². The molecule has 2 atom stereocenters. The molecule has 1 fully saturated rings. The van der Waals surface area contributed by atoms with E-state index < -0.39 is 0 Å². The van der Waals surface area contributed by atoms with Crippen molar-refractivity contribution in [1.82, 2.24) is 4.90 Å². The monoisotopic (exact) mass is 295 g/mol. The standard InChI is InChI=1S/C20H25NO/c1-2-9-19-20(22-19)16-21(14-17-10-5-3-6-11-17)15-18-12-7-4-8-13-18/h3-8,10-13,19-20H,2,9,14-16H2,1H3/t19-,20+/m1/s1. The van der Waals surface area contributed by atoms with Crippen molar-refractivity contribution < 1.29 is 4.74 Å². The molecule has 0 unspecified atom stereocenters. The van der Waals surface area contributed by atoms with E-state index in [-0.39, 0.29) is 0 Å². The fraction of sp³-hybridized carbons (Fsp3) is 0.400. The Morgan fingerprint density at radius 3 is 1.86 bits per heavy atom. The van der Waals surface area contributed by atoms with Gasteiger partial charge in [-0.15, -0.1) is 0 Å². The van der Waals surface area contributed by atoms with Crippen molar-refractivity contribution in [1.29, 1.82) is 0 Å². The van der Waals surface area contributed by atoms with Gasteiger partial charge in [0.05, 0.1) is 12.2 Å². The third-order valence-corrected chi connectivity index (χ3v) is 4.20. The van der Waals surface area contributed by atoms with Crippen molar-refractivity contribution in [2.24, 2.45) is 0 Å². The summed E-state index contributed by atoms with van der Waals surface area (Å²) in [6.45, 7) is 5.21. The topological polar surface area (TPSA) is 15.8 Å². The second-order valence-electron chi connectivity index (χ2n) is 6.14. The molecule has 0 aliphatic carbocycles. The molecule has 0 radical (unpaired) electrons. The molecule has 0 bridgehead atoms. The van der Waals surface area contributed by atoms with Crippen LogP contribution in [0.5, 0.6) is 0 Å². The molecule has 1 aliphatic heterocycles. The van der Waals surface area contributed by atoms with Crippen molar-refractivity contribution in [3.8, 4) is 0 Å². The number of epoxide rings is 1. The Morgan fingerprint density at radius 2 is 1.36 bits per heavy atom. The van der Waals surface area contributed by atoms with Gasteiger partial charge >= 0.3 is 0 Å². The third kappa shape index (κ3) is 4.43. The van der Waals surface area contributed by atoms with Crippen molar-refractivity contribution >= 4 is 0 Å². The van der Waals surface area contributed by atoms with Crippen molar-refractivity contribution in [2.75, 3.05) is 6.54 Å². The van der Waals surface area contributed by atoms with Crippen LogP contribution in [0.25, 0.3) is 0 Å². The van der Waals surface area contributed by atoms with E-state index in [0.29, 0.717) is 12.2 Å². The van der Waals surface area contributed by atoms with Crippen LogP contribution >= 0.6 is 0 Å². The van der Waals surface area contributed by atoms with Gasteiger partial charge < -0.3 is 4.74 Å². The van der Waals surface area contributed by atoms with E-state index in [0.717, 1.165) is 19.6 Å². The molecule has 22 heavy (non-hydrogen) atoms. The van der Waals surface area contributed by atoms with E-state index in [1.807, 2.05) is 0 Å². The Hall–Kier alpha value is -1.64. The van der Waals surface area contributed by atoms with Crippen LogP contribution in [-0.2, 0) is 17.8 Å². The molecule has 3 rings (SSSR count). The summed E-state index contributed by atoms with van der Waals surface area (Å²) in [6, 6.07) is 21.4. The summed E-state index contributed by atoms with van der Waals surface area (Å²) in [4.78, 5) is 2.50. The number of rotatable bonds is 8. The van der Waals surface area contributed by atoms with Gasteiger partial charge in [-0.2, -0.15) is 0 Å². The Morgan fingerprint density at radius 1 is 0.818 bits per heavy atom. The summed E-state index contributed by atoms with van der Waals surface area (Å²) in [6.07, 6.45) is 3.31. The van der Waals surface area contributed by atoms with Crippen LogP contribution in [0.15, 0.2) is 60.7 Å². The molecule has 0 aromatic heterocycles. The van der Waals surface area contributed by atoms with Crippen LogP contribution in [0, 0.1) is 0 Å². The van der Waals surface area contributed by atoms with Crippen LogP contribution in [-0.4, -0.2) is 23.7 Å². The van der Waals surface area contributed by atoms with Gasteiger partial charge in [0.25, 0.3) is 0 Å². The molecule has 116 valence electrons. The van der Waals surface area contributed by atoms with E-state index in [1.54, 1.807) is 0 Å². The highest BCUT2D eigenvalue weighted by Crippen LogP contribution is 2.28. The Bertz CT molecular complexity index is 513. The smallest absolute Gasteiger partial charge is 0.0968 e. The Balaban J connectivity index is 1.63. The zero-order chi connectivity index (χ0) is 15.2. The molecule has 1 aliphatic rings. The highest BCUT2D eigenvalue weighted by Gasteiger charge is 2.38. The highest BCUT2D eigenvalue weighted by atomic mass is 16.6. The van der Waals surface area contributed by atoms with Gasteiger partial charge in [-0.1, -0.05) is 74.0 Å². The molecule has 0 amide bonds. The van der Waals surface area contributed by atoms with Crippen LogP contribution in [0.4, 0.5) is 0 Å². The van der Waals surface area contributed by atoms with Gasteiger partial charge in [-0.25, -0.2) is 0 Å². The van der Waals surface area contributed by atoms with E-state index in [4.69, 9.17) is 4.74 Å². The summed E-state index contributed by atoms with van der Waals surface area (Å²) in [7, 11) is 0. The number of ether oxygens (including phenoxy) is 1. The maximum atomic E-state index is 5.82. The summed E-state index contributed by atoms with van der Waals surface area (Å²) in [5, 5.41) is 0. The average Bonchev–Trinajstić information content (AvgIpc) is 3.27. The van der Waals surface area contributed by atoms with Crippen LogP contribution < -0.4 is 0 Å². The second-order valence-corrected chi connectivity index (χ2v) is 6.14. The van der Waals surface area contributed by atoms with Gasteiger partial charge in [0.2, 0.25) is 0 Å². The molecule has 2 nitrogen and oxygen atoms in total. The van der Waals surface area contributed by atoms with E-state index in [9.17, 15) is 0 Å². The number of nitrogens with zero attached hydrogens (tertiary/aromatic N) is 1. The van der Waals surface area contributed by atoms with Gasteiger partial charge in [0.15, 0.2) is 0 Å². The fourth-order valence-electron chi connectivity index (χ4n) is 3.00. The maximum absolute atomic E-state index is 5.82. The van der Waals surface area contributed by atoms with Gasteiger partial charge in [0.1, 0.15) is 0 Å². The van der Waals surface area contributed by atoms with E-state index in [2.05, 4.69) is 72.5 Å². The van der Waals surface area contributed by atoms with E-state index >= 15 is 0 Å². The first kappa shape index (κ1) is 15.3. The first-order chi connectivity index (χ1) is 10.8. The van der Waals surface area contributed by atoms with Gasteiger partial charge in [0, 0.05) is 19.6 Å². The molecule has 1 heterocycles. The molecule has 0 saturated carbocycles. The lowest BCUT2D eigenvalue weighted by molar-refractivity contribution is 0.226. The lowest BCUT2D eigenvalue weighted by atomic mass is 10.1. The number of hydrogen-bond acceptors (Lipinski definition) is 2. The summed E-state index contributed by atoms with van der Waals surface area (Å²) >= 11 is 0. The first-order valence-electron chi connectivity index (χ1n) is 8.31. The van der Waals surface area contributed by atoms with Gasteiger partial charge in [-0.05, 0) is 17.5 Å². The fourth-order valence-corrected chi connectivity index (χ4v) is 3.00. The maximum Gasteiger partial charge on any atom is 0.0968 e. The molecule has 2 aromatic rings. The normalized spacial score (nSPS) is 20.3. The lowest BCUT2D eigenvalue weighted by Crippen LogP contribution is -2.27. The minimum atomic E-state index is 0.423. The second kappa shape index (κ2) is 7.57. The largest absolute Gasteiger partial charge is 0.368 e. The van der Waals surface area contributed by atoms with E-state index in [1.165, 1.54) is 24.0 Å². The number of benzene rings is 2. The molecular weight excluding hydrogens is 270 g/mol. The summed E-state index contributed by atoms with van der Waals surface area (Å²) < 4.78 is 5.82. The average molecular weight is 295 g/mol. The Kier molecular flexibility index (Phi) is 5.25. The first-order valence-corrected chi connectivity index (χ1v) is 8.31. The van der Waals surface area contributed by atoms with Crippen LogP contribution in [0.3, 0.4) is 0 Å². The zero-order valence-electron chi connectivity index (χ0n) is 13.3. The molecule has 2 aromatic carbocycles. The molecule has 0 spiro atoms. The minimum Gasteiger partial charge on any atom is -0.368 e. The quantitative estimate of drug-likeness (QED) is 0.676. The van der Waals surface area contributed by atoms with Crippen LogP contribution in [0.2, 0.25) is 0 Å². The molecule has 1 saturated heterocycles. The predicted octanol–water partition coefficient (Wildman–Crippen LogP) is 4.26. The van der Waals surface area contributed by atoms with Crippen molar-refractivity contribution in [2.45, 2.75) is 45.1 Å². The molecule has 2 heteroatoms. The third-order valence-electron chi connectivity index (χ3n) is 4.20. The SMILES string of the molecule is CCC[C@H]1O[C@H]1CN(Cc1ccccc1)Cc1ccccc1. The highest BCUT2D eigenvalue weighted by molar-refractivity contribution is 5.17.